The predicted molar refractivity (Wildman–Crippen MR) is 106 cm³/mol. The first-order valence-electron chi connectivity index (χ1n) is 10.0. The summed E-state index contributed by atoms with van der Waals surface area (Å²) < 4.78 is 62.6. The second-order valence-corrected chi connectivity index (χ2v) is 9.83. The number of sulfonamides is 1. The fourth-order valence-corrected chi connectivity index (χ4v) is 5.24. The van der Waals surface area contributed by atoms with Gasteiger partial charge in [0.1, 0.15) is 5.82 Å². The standard InChI is InChI=1S/C18H28F3N5O2S/c1-14-13-16(24-17(22-14)23-15-5-3-2-4-6-15)25-8-10-26(11-9-25)29(27,28)12-7-18(19,20)21/h13,15H,2-12H2,1H3,(H,22,23,24). The van der Waals surface area contributed by atoms with Gasteiger partial charge in [-0.25, -0.2) is 13.4 Å². The fourth-order valence-electron chi connectivity index (χ4n) is 3.78. The molecule has 0 atom stereocenters. The minimum absolute atomic E-state index is 0.147. The van der Waals surface area contributed by atoms with Gasteiger partial charge in [0.15, 0.2) is 0 Å². The van der Waals surface area contributed by atoms with Crippen LogP contribution >= 0.6 is 0 Å². The van der Waals surface area contributed by atoms with Gasteiger partial charge in [0.05, 0.1) is 12.2 Å². The largest absolute Gasteiger partial charge is 0.390 e. The molecular weight excluding hydrogens is 407 g/mol. The van der Waals surface area contributed by atoms with Gasteiger partial charge in [-0.05, 0) is 19.8 Å². The lowest BCUT2D eigenvalue weighted by atomic mass is 9.96. The first-order valence-corrected chi connectivity index (χ1v) is 11.6. The van der Waals surface area contributed by atoms with E-state index in [1.54, 1.807) is 0 Å². The highest BCUT2D eigenvalue weighted by Crippen LogP contribution is 2.24. The number of alkyl halides is 3. The number of aryl methyl sites for hydroxylation is 1. The highest BCUT2D eigenvalue weighted by Gasteiger charge is 2.34. The van der Waals surface area contributed by atoms with Gasteiger partial charge >= 0.3 is 6.18 Å². The molecule has 11 heteroatoms. The molecule has 1 aliphatic carbocycles. The van der Waals surface area contributed by atoms with Crippen molar-refractivity contribution in [1.29, 1.82) is 0 Å². The number of hydrogen-bond donors (Lipinski definition) is 1. The number of nitrogens with one attached hydrogen (secondary N) is 1. The lowest BCUT2D eigenvalue weighted by Gasteiger charge is -2.35. The number of halogens is 3. The number of rotatable bonds is 6. The molecule has 0 radical (unpaired) electrons. The van der Waals surface area contributed by atoms with Crippen LogP contribution in [0.1, 0.15) is 44.2 Å². The third-order valence-electron chi connectivity index (χ3n) is 5.38. The van der Waals surface area contributed by atoms with Crippen molar-refractivity contribution >= 4 is 21.8 Å². The third-order valence-corrected chi connectivity index (χ3v) is 7.25. The number of aromatic nitrogens is 2. The molecule has 2 fully saturated rings. The number of hydrogen-bond acceptors (Lipinski definition) is 6. The summed E-state index contributed by atoms with van der Waals surface area (Å²) >= 11 is 0. The molecule has 0 aromatic carbocycles. The van der Waals surface area contributed by atoms with E-state index < -0.39 is 28.4 Å². The molecule has 2 aliphatic rings. The van der Waals surface area contributed by atoms with Gasteiger partial charge in [0.25, 0.3) is 0 Å². The first-order chi connectivity index (χ1) is 13.6. The lowest BCUT2D eigenvalue weighted by molar-refractivity contribution is -0.130. The van der Waals surface area contributed by atoms with Crippen LogP contribution < -0.4 is 10.2 Å². The Hall–Kier alpha value is -1.62. The Morgan fingerprint density at radius 3 is 2.38 bits per heavy atom. The average molecular weight is 436 g/mol. The number of anilines is 2. The first kappa shape index (κ1) is 22.1. The Kier molecular flexibility index (Phi) is 6.87. The van der Waals surface area contributed by atoms with Crippen molar-refractivity contribution in [2.45, 2.75) is 57.7 Å². The molecule has 0 amide bonds. The van der Waals surface area contributed by atoms with Gasteiger partial charge in [-0.2, -0.15) is 22.5 Å². The van der Waals surface area contributed by atoms with E-state index in [0.717, 1.165) is 22.8 Å². The zero-order valence-electron chi connectivity index (χ0n) is 16.6. The normalized spacial score (nSPS) is 20.1. The molecule has 29 heavy (non-hydrogen) atoms. The third kappa shape index (κ3) is 6.43. The molecule has 1 N–H and O–H groups in total. The summed E-state index contributed by atoms with van der Waals surface area (Å²) in [6.45, 7) is 2.94. The van der Waals surface area contributed by atoms with Gasteiger partial charge < -0.3 is 10.2 Å². The highest BCUT2D eigenvalue weighted by atomic mass is 32.2. The van der Waals surface area contributed by atoms with Crippen molar-refractivity contribution in [1.82, 2.24) is 14.3 Å². The maximum Gasteiger partial charge on any atom is 0.390 e. The van der Waals surface area contributed by atoms with E-state index in [1.165, 1.54) is 19.3 Å². The molecule has 2 heterocycles. The van der Waals surface area contributed by atoms with Crippen LogP contribution in [-0.2, 0) is 10.0 Å². The van der Waals surface area contributed by atoms with E-state index in [4.69, 9.17) is 0 Å². The highest BCUT2D eigenvalue weighted by molar-refractivity contribution is 7.89. The summed E-state index contributed by atoms with van der Waals surface area (Å²) in [7, 11) is -3.92. The molecule has 7 nitrogen and oxygen atoms in total. The van der Waals surface area contributed by atoms with Crippen LogP contribution in [0.2, 0.25) is 0 Å². The summed E-state index contributed by atoms with van der Waals surface area (Å²) in [4.78, 5) is 11.0. The van der Waals surface area contributed by atoms with Crippen LogP contribution in [0.4, 0.5) is 24.9 Å². The Morgan fingerprint density at radius 1 is 1.10 bits per heavy atom. The molecule has 164 valence electrons. The van der Waals surface area contributed by atoms with Crippen LogP contribution in [0.25, 0.3) is 0 Å². The van der Waals surface area contributed by atoms with Crippen molar-refractivity contribution in [3.05, 3.63) is 11.8 Å². The summed E-state index contributed by atoms with van der Waals surface area (Å²) in [6.07, 6.45) is 0.0463. The number of nitrogens with zero attached hydrogens (tertiary/aromatic N) is 4. The zero-order chi connectivity index (χ0) is 21.1. The van der Waals surface area contributed by atoms with Crippen molar-refractivity contribution in [3.8, 4) is 0 Å². The summed E-state index contributed by atoms with van der Waals surface area (Å²) in [5.41, 5.74) is 0.813. The zero-order valence-corrected chi connectivity index (χ0v) is 17.4. The van der Waals surface area contributed by atoms with Gasteiger partial charge in [0.2, 0.25) is 16.0 Å². The second kappa shape index (κ2) is 9.03. The molecule has 0 unspecified atom stereocenters. The van der Waals surface area contributed by atoms with Crippen molar-refractivity contribution in [3.63, 3.8) is 0 Å². The monoisotopic (exact) mass is 435 g/mol. The summed E-state index contributed by atoms with van der Waals surface area (Å²) in [5.74, 6) is 0.383. The van der Waals surface area contributed by atoms with E-state index >= 15 is 0 Å². The van der Waals surface area contributed by atoms with Crippen molar-refractivity contribution in [2.75, 3.05) is 42.1 Å². The van der Waals surface area contributed by atoms with Crippen LogP contribution in [0.3, 0.4) is 0 Å². The average Bonchev–Trinajstić information content (AvgIpc) is 2.66. The maximum atomic E-state index is 12.4. The van der Waals surface area contributed by atoms with Crippen LogP contribution in [0, 0.1) is 6.92 Å². The SMILES string of the molecule is Cc1cc(N2CCN(S(=O)(=O)CCC(F)(F)F)CC2)nc(NC2CCCCC2)n1. The molecule has 0 spiro atoms. The number of piperazine rings is 1. The quantitative estimate of drug-likeness (QED) is 0.740. The Bertz CT molecular complexity index is 789. The molecule has 1 saturated carbocycles. The summed E-state index contributed by atoms with van der Waals surface area (Å²) in [6, 6.07) is 2.22. The van der Waals surface area contributed by atoms with Gasteiger partial charge in [-0.1, -0.05) is 19.3 Å². The van der Waals surface area contributed by atoms with Crippen molar-refractivity contribution in [2.24, 2.45) is 0 Å². The molecule has 0 bridgehead atoms. The Balaban J connectivity index is 1.60. The van der Waals surface area contributed by atoms with E-state index in [0.29, 0.717) is 30.9 Å². The smallest absolute Gasteiger partial charge is 0.354 e. The van der Waals surface area contributed by atoms with E-state index in [2.05, 4.69) is 15.3 Å². The van der Waals surface area contributed by atoms with Gasteiger partial charge in [0, 0.05) is 44.0 Å². The van der Waals surface area contributed by atoms with Crippen LogP contribution in [0.15, 0.2) is 6.07 Å². The van der Waals surface area contributed by atoms with Gasteiger partial charge in [-0.15, -0.1) is 0 Å². The fraction of sp³-hybridized carbons (Fsp3) is 0.778. The van der Waals surface area contributed by atoms with E-state index in [9.17, 15) is 21.6 Å². The van der Waals surface area contributed by atoms with E-state index in [-0.39, 0.29) is 13.1 Å². The van der Waals surface area contributed by atoms with Crippen LogP contribution in [-0.4, -0.2) is 66.8 Å². The summed E-state index contributed by atoms with van der Waals surface area (Å²) in [5, 5.41) is 3.40. The maximum absolute atomic E-state index is 12.4. The lowest BCUT2D eigenvalue weighted by Crippen LogP contribution is -2.49. The Labute approximate surface area is 169 Å². The molecule has 1 saturated heterocycles. The molecule has 1 aromatic heterocycles. The van der Waals surface area contributed by atoms with Crippen LogP contribution in [0.5, 0.6) is 0 Å². The molecule has 1 aromatic rings. The molecular formula is C18H28F3N5O2S. The minimum atomic E-state index is -4.48. The predicted octanol–water partition coefficient (Wildman–Crippen LogP) is 2.93. The molecule has 3 rings (SSSR count). The topological polar surface area (TPSA) is 78.4 Å². The minimum Gasteiger partial charge on any atom is -0.354 e. The Morgan fingerprint density at radius 2 is 1.76 bits per heavy atom. The van der Waals surface area contributed by atoms with E-state index in [1.807, 2.05) is 17.9 Å². The van der Waals surface area contributed by atoms with Gasteiger partial charge in [-0.3, -0.25) is 0 Å². The van der Waals surface area contributed by atoms with Crippen molar-refractivity contribution < 1.29 is 21.6 Å². The second-order valence-electron chi connectivity index (χ2n) is 7.74. The molecule has 1 aliphatic heterocycles.